The molecule has 0 aliphatic heterocycles. The highest BCUT2D eigenvalue weighted by Gasteiger charge is 2.18. The van der Waals surface area contributed by atoms with E-state index in [2.05, 4.69) is 25.0 Å². The molecule has 3 nitrogen and oxygen atoms in total. The van der Waals surface area contributed by atoms with Crippen LogP contribution in [0.1, 0.15) is 41.2 Å². The van der Waals surface area contributed by atoms with Gasteiger partial charge in [0, 0.05) is 23.9 Å². The average molecular weight is 256 g/mol. The van der Waals surface area contributed by atoms with Gasteiger partial charge in [-0.1, -0.05) is 37.6 Å². The van der Waals surface area contributed by atoms with Crippen molar-refractivity contribution in [2.75, 3.05) is 0 Å². The summed E-state index contributed by atoms with van der Waals surface area (Å²) in [5, 5.41) is 4.58. The minimum atomic E-state index is 0.739. The van der Waals surface area contributed by atoms with Crippen LogP contribution in [0.4, 0.5) is 0 Å². The van der Waals surface area contributed by atoms with Crippen molar-refractivity contribution in [1.29, 1.82) is 0 Å². The van der Waals surface area contributed by atoms with Gasteiger partial charge in [0.1, 0.15) is 0 Å². The summed E-state index contributed by atoms with van der Waals surface area (Å²) in [6.07, 6.45) is 2.71. The van der Waals surface area contributed by atoms with Crippen LogP contribution in [0.2, 0.25) is 0 Å². The van der Waals surface area contributed by atoms with Gasteiger partial charge in [-0.05, 0) is 25.3 Å². The zero-order chi connectivity index (χ0) is 14.0. The molecule has 19 heavy (non-hydrogen) atoms. The molecule has 0 saturated heterocycles. The Balaban J connectivity index is 2.77. The van der Waals surface area contributed by atoms with Gasteiger partial charge in [-0.3, -0.25) is 9.48 Å². The predicted molar refractivity (Wildman–Crippen MR) is 77.5 cm³/mol. The number of rotatable bonds is 4. The molecule has 1 aromatic carbocycles. The van der Waals surface area contributed by atoms with E-state index >= 15 is 0 Å². The Kier molecular flexibility index (Phi) is 3.84. The number of aryl methyl sites for hydroxylation is 3. The number of hydrogen-bond donors (Lipinski definition) is 0. The fourth-order valence-electron chi connectivity index (χ4n) is 2.57. The van der Waals surface area contributed by atoms with Gasteiger partial charge in [-0.25, -0.2) is 0 Å². The normalized spacial score (nSPS) is 10.7. The number of aldehydes is 1. The molecule has 2 aromatic rings. The van der Waals surface area contributed by atoms with Crippen molar-refractivity contribution < 1.29 is 4.79 Å². The minimum Gasteiger partial charge on any atom is -0.298 e. The molecule has 1 aromatic heterocycles. The van der Waals surface area contributed by atoms with E-state index in [0.717, 1.165) is 47.1 Å². The molecule has 0 unspecified atom stereocenters. The number of hydrogen-bond acceptors (Lipinski definition) is 2. The Morgan fingerprint density at radius 2 is 2.00 bits per heavy atom. The van der Waals surface area contributed by atoms with Crippen molar-refractivity contribution in [3.05, 3.63) is 40.7 Å². The lowest BCUT2D eigenvalue weighted by Gasteiger charge is -2.09. The summed E-state index contributed by atoms with van der Waals surface area (Å²) in [6.45, 7) is 6.27. The van der Waals surface area contributed by atoms with Crippen LogP contribution >= 0.6 is 0 Å². The number of carbonyl (C=O) groups excluding carboxylic acids is 1. The first-order valence-corrected chi connectivity index (χ1v) is 6.73. The Labute approximate surface area is 114 Å². The molecular weight excluding hydrogens is 236 g/mol. The third-order valence-corrected chi connectivity index (χ3v) is 3.51. The third-order valence-electron chi connectivity index (χ3n) is 3.51. The van der Waals surface area contributed by atoms with Crippen LogP contribution in [-0.2, 0) is 19.9 Å². The van der Waals surface area contributed by atoms with E-state index in [4.69, 9.17) is 0 Å². The van der Waals surface area contributed by atoms with E-state index in [1.807, 2.05) is 30.8 Å². The van der Waals surface area contributed by atoms with E-state index in [0.29, 0.717) is 0 Å². The monoisotopic (exact) mass is 256 g/mol. The average Bonchev–Trinajstić information content (AvgIpc) is 2.74. The van der Waals surface area contributed by atoms with E-state index in [-0.39, 0.29) is 0 Å². The summed E-state index contributed by atoms with van der Waals surface area (Å²) in [5.74, 6) is 0. The topological polar surface area (TPSA) is 34.9 Å². The van der Waals surface area contributed by atoms with Crippen molar-refractivity contribution in [2.24, 2.45) is 7.05 Å². The number of aromatic nitrogens is 2. The van der Waals surface area contributed by atoms with Gasteiger partial charge in [0.15, 0.2) is 6.29 Å². The van der Waals surface area contributed by atoms with Crippen LogP contribution in [0.25, 0.3) is 11.1 Å². The van der Waals surface area contributed by atoms with E-state index in [9.17, 15) is 4.79 Å². The van der Waals surface area contributed by atoms with Gasteiger partial charge in [0.2, 0.25) is 0 Å². The van der Waals surface area contributed by atoms with Crippen LogP contribution in [0.15, 0.2) is 18.2 Å². The maximum atomic E-state index is 11.3. The number of benzene rings is 1. The van der Waals surface area contributed by atoms with E-state index in [1.165, 1.54) is 5.69 Å². The molecule has 0 bridgehead atoms. The van der Waals surface area contributed by atoms with Gasteiger partial charge in [0.05, 0.1) is 5.69 Å². The van der Waals surface area contributed by atoms with Gasteiger partial charge >= 0.3 is 0 Å². The maximum Gasteiger partial charge on any atom is 0.150 e. The lowest BCUT2D eigenvalue weighted by Crippen LogP contribution is -1.98. The molecule has 0 spiro atoms. The highest BCUT2D eigenvalue weighted by atomic mass is 16.1. The molecule has 3 heteroatoms. The molecule has 0 aliphatic rings. The molecular formula is C16H20N2O. The molecule has 0 saturated carbocycles. The molecule has 1 heterocycles. The molecule has 0 radical (unpaired) electrons. The van der Waals surface area contributed by atoms with Crippen LogP contribution in [0, 0.1) is 6.92 Å². The first kappa shape index (κ1) is 13.5. The lowest BCUT2D eigenvalue weighted by molar-refractivity contribution is 0.112. The summed E-state index contributed by atoms with van der Waals surface area (Å²) in [7, 11) is 1.97. The van der Waals surface area contributed by atoms with Crippen molar-refractivity contribution in [2.45, 2.75) is 33.6 Å². The smallest absolute Gasteiger partial charge is 0.150 e. The Morgan fingerprint density at radius 3 is 2.58 bits per heavy atom. The highest BCUT2D eigenvalue weighted by molar-refractivity contribution is 5.89. The first-order valence-electron chi connectivity index (χ1n) is 6.73. The Bertz CT molecular complexity index is 611. The molecule has 0 fully saturated rings. The van der Waals surface area contributed by atoms with Crippen molar-refractivity contribution in [1.82, 2.24) is 9.78 Å². The van der Waals surface area contributed by atoms with Gasteiger partial charge in [0.25, 0.3) is 0 Å². The number of carbonyl (C=O) groups is 1. The van der Waals surface area contributed by atoms with Crippen LogP contribution in [-0.4, -0.2) is 16.1 Å². The van der Waals surface area contributed by atoms with Crippen LogP contribution in [0.5, 0.6) is 0 Å². The number of nitrogens with zero attached hydrogens (tertiary/aromatic N) is 2. The third kappa shape index (κ3) is 2.33. The summed E-state index contributed by atoms with van der Waals surface area (Å²) >= 11 is 0. The summed E-state index contributed by atoms with van der Waals surface area (Å²) in [4.78, 5) is 11.3. The second-order valence-electron chi connectivity index (χ2n) is 4.81. The van der Waals surface area contributed by atoms with Crippen molar-refractivity contribution in [3.63, 3.8) is 0 Å². The molecule has 0 atom stereocenters. The summed E-state index contributed by atoms with van der Waals surface area (Å²) < 4.78 is 1.94. The minimum absolute atomic E-state index is 0.739. The lowest BCUT2D eigenvalue weighted by atomic mass is 9.95. The van der Waals surface area contributed by atoms with Crippen LogP contribution in [0.3, 0.4) is 0 Å². The van der Waals surface area contributed by atoms with Crippen molar-refractivity contribution >= 4 is 6.29 Å². The Morgan fingerprint density at radius 1 is 1.26 bits per heavy atom. The predicted octanol–water partition coefficient (Wildman–Crippen LogP) is 3.33. The second kappa shape index (κ2) is 5.39. The molecule has 2 rings (SSSR count). The standard InChI is InChI=1S/C16H20N2O/c1-5-14-16(15(6-2)18(4)17-14)13-9-11(3)7-8-12(13)10-19/h7-10H,5-6H2,1-4H3. The van der Waals surface area contributed by atoms with E-state index in [1.54, 1.807) is 0 Å². The van der Waals surface area contributed by atoms with E-state index < -0.39 is 0 Å². The molecule has 0 amide bonds. The fraction of sp³-hybridized carbons (Fsp3) is 0.375. The fourth-order valence-corrected chi connectivity index (χ4v) is 2.57. The van der Waals surface area contributed by atoms with Gasteiger partial charge in [-0.2, -0.15) is 5.10 Å². The largest absolute Gasteiger partial charge is 0.298 e. The molecule has 100 valence electrons. The van der Waals surface area contributed by atoms with Gasteiger partial charge < -0.3 is 0 Å². The maximum absolute atomic E-state index is 11.3. The SMILES string of the molecule is CCc1nn(C)c(CC)c1-c1cc(C)ccc1C=O. The second-order valence-corrected chi connectivity index (χ2v) is 4.81. The first-order chi connectivity index (χ1) is 9.12. The van der Waals surface area contributed by atoms with Crippen LogP contribution < -0.4 is 0 Å². The zero-order valence-electron chi connectivity index (χ0n) is 12.0. The Hall–Kier alpha value is -1.90. The molecule has 0 N–H and O–H groups in total. The van der Waals surface area contributed by atoms with Gasteiger partial charge in [-0.15, -0.1) is 0 Å². The summed E-state index contributed by atoms with van der Waals surface area (Å²) in [5.41, 5.74) is 6.30. The highest BCUT2D eigenvalue weighted by Crippen LogP contribution is 2.31. The zero-order valence-corrected chi connectivity index (χ0v) is 12.0. The quantitative estimate of drug-likeness (QED) is 0.786. The molecule has 0 aliphatic carbocycles. The summed E-state index contributed by atoms with van der Waals surface area (Å²) in [6, 6.07) is 5.95. The van der Waals surface area contributed by atoms with Crippen molar-refractivity contribution in [3.8, 4) is 11.1 Å².